The Bertz CT molecular complexity index is 1140. The van der Waals surface area contributed by atoms with Crippen LogP contribution in [0.3, 0.4) is 0 Å². The van der Waals surface area contributed by atoms with Crippen molar-refractivity contribution < 1.29 is 0 Å². The van der Waals surface area contributed by atoms with E-state index in [2.05, 4.69) is 66.9 Å². The largest absolute Gasteiger partial charge is 0.384 e. The molecule has 0 spiro atoms. The molecule has 6 heteroatoms. The summed E-state index contributed by atoms with van der Waals surface area (Å²) in [5, 5.41) is 8.05. The number of hydrogen-bond acceptors (Lipinski definition) is 5. The maximum atomic E-state index is 12.8. The zero-order chi connectivity index (χ0) is 22.5. The van der Waals surface area contributed by atoms with E-state index >= 15 is 0 Å². The van der Waals surface area contributed by atoms with Crippen molar-refractivity contribution in [1.29, 1.82) is 0 Å². The molecule has 32 heavy (non-hydrogen) atoms. The first-order valence-electron chi connectivity index (χ1n) is 11.8. The minimum absolute atomic E-state index is 0.0558. The Hall–Kier alpha value is -2.86. The topological polar surface area (TPSA) is 61.7 Å². The van der Waals surface area contributed by atoms with Crippen molar-refractivity contribution in [3.63, 3.8) is 0 Å². The number of fused-ring (bicyclic) bond motifs is 1. The second kappa shape index (κ2) is 10.2. The van der Waals surface area contributed by atoms with Crippen LogP contribution in [-0.2, 0) is 0 Å². The van der Waals surface area contributed by atoms with E-state index in [1.54, 1.807) is 6.07 Å². The Morgan fingerprint density at radius 1 is 1.06 bits per heavy atom. The number of aromatic nitrogens is 1. The van der Waals surface area contributed by atoms with Gasteiger partial charge < -0.3 is 15.5 Å². The molecule has 0 bridgehead atoms. The van der Waals surface area contributed by atoms with Crippen LogP contribution in [0.25, 0.3) is 6.08 Å². The van der Waals surface area contributed by atoms with Gasteiger partial charge in [0.15, 0.2) is 0 Å². The fourth-order valence-corrected chi connectivity index (χ4v) is 4.53. The van der Waals surface area contributed by atoms with Gasteiger partial charge >= 0.3 is 0 Å². The molecule has 0 unspecified atom stereocenters. The molecule has 1 aromatic heterocycles. The molecule has 4 rings (SSSR count). The molecule has 2 aromatic rings. The monoisotopic (exact) mass is 433 g/mol. The van der Waals surface area contributed by atoms with E-state index in [9.17, 15) is 4.79 Å². The van der Waals surface area contributed by atoms with Gasteiger partial charge in [0.05, 0.1) is 0 Å². The Labute approximate surface area is 190 Å². The molecule has 2 heterocycles. The van der Waals surface area contributed by atoms with Crippen LogP contribution in [0.15, 0.2) is 57.6 Å². The molecule has 1 aliphatic carbocycles. The lowest BCUT2D eigenvalue weighted by molar-refractivity contribution is 0.425. The lowest BCUT2D eigenvalue weighted by Crippen LogP contribution is -2.44. The van der Waals surface area contributed by atoms with Gasteiger partial charge in [-0.3, -0.25) is 9.36 Å². The lowest BCUT2D eigenvalue weighted by atomic mass is 10.1. The maximum Gasteiger partial charge on any atom is 0.252 e. The van der Waals surface area contributed by atoms with E-state index < -0.39 is 0 Å². The Balaban J connectivity index is 1.64. The van der Waals surface area contributed by atoms with E-state index in [4.69, 9.17) is 4.99 Å². The number of allylic oxidation sites excluding steroid dienone is 1. The third kappa shape index (κ3) is 5.13. The summed E-state index contributed by atoms with van der Waals surface area (Å²) in [5.74, 6) is 0.869. The first-order valence-corrected chi connectivity index (χ1v) is 11.8. The minimum atomic E-state index is 0.0558. The van der Waals surface area contributed by atoms with Crippen LogP contribution in [-0.4, -0.2) is 36.7 Å². The number of pyridine rings is 1. The summed E-state index contributed by atoms with van der Waals surface area (Å²) < 4.78 is 1.94. The SMILES string of the molecule is CCC1=C(Nc2ccc(NCCN(C)C)cc2)N=c2c(ccc(=O)n2C2CCCC2)=CC1. The van der Waals surface area contributed by atoms with Crippen LogP contribution in [0.5, 0.6) is 0 Å². The van der Waals surface area contributed by atoms with Crippen LogP contribution in [0.4, 0.5) is 11.4 Å². The summed E-state index contributed by atoms with van der Waals surface area (Å²) in [6.07, 6.45) is 8.44. The van der Waals surface area contributed by atoms with Crippen LogP contribution < -0.4 is 26.9 Å². The highest BCUT2D eigenvalue weighted by Gasteiger charge is 2.20. The van der Waals surface area contributed by atoms with Gasteiger partial charge in [0.1, 0.15) is 11.3 Å². The molecule has 2 N–H and O–H groups in total. The van der Waals surface area contributed by atoms with Gasteiger partial charge in [0.25, 0.3) is 5.56 Å². The van der Waals surface area contributed by atoms with Crippen LogP contribution in [0.2, 0.25) is 0 Å². The number of nitrogens with one attached hydrogen (secondary N) is 2. The van der Waals surface area contributed by atoms with Gasteiger partial charge in [-0.05, 0) is 75.7 Å². The van der Waals surface area contributed by atoms with Crippen molar-refractivity contribution in [1.82, 2.24) is 9.47 Å². The average Bonchev–Trinajstić information content (AvgIpc) is 3.24. The zero-order valence-electron chi connectivity index (χ0n) is 19.5. The van der Waals surface area contributed by atoms with E-state index in [1.165, 1.54) is 18.4 Å². The number of anilines is 2. The van der Waals surface area contributed by atoms with Crippen molar-refractivity contribution in [2.75, 3.05) is 37.8 Å². The second-order valence-electron chi connectivity index (χ2n) is 9.02. The predicted molar refractivity (Wildman–Crippen MR) is 132 cm³/mol. The van der Waals surface area contributed by atoms with Gasteiger partial charge in [-0.2, -0.15) is 0 Å². The quantitative estimate of drug-likeness (QED) is 0.669. The average molecular weight is 434 g/mol. The lowest BCUT2D eigenvalue weighted by Gasteiger charge is -2.15. The number of benzene rings is 1. The first kappa shape index (κ1) is 22.3. The van der Waals surface area contributed by atoms with Crippen molar-refractivity contribution >= 4 is 17.5 Å². The zero-order valence-corrected chi connectivity index (χ0v) is 19.5. The molecule has 0 amide bonds. The van der Waals surface area contributed by atoms with Crippen LogP contribution in [0.1, 0.15) is 51.5 Å². The van der Waals surface area contributed by atoms with E-state index in [0.717, 1.165) is 66.7 Å². The Kier molecular flexibility index (Phi) is 7.10. The van der Waals surface area contributed by atoms with E-state index in [1.807, 2.05) is 10.6 Å². The summed E-state index contributed by atoms with van der Waals surface area (Å²) >= 11 is 0. The minimum Gasteiger partial charge on any atom is -0.384 e. The summed E-state index contributed by atoms with van der Waals surface area (Å²) in [7, 11) is 4.15. The molecule has 2 aliphatic rings. The highest BCUT2D eigenvalue weighted by Crippen LogP contribution is 2.27. The number of rotatable bonds is 8. The van der Waals surface area contributed by atoms with Crippen molar-refractivity contribution in [2.24, 2.45) is 4.99 Å². The Morgan fingerprint density at radius 3 is 2.47 bits per heavy atom. The van der Waals surface area contributed by atoms with Crippen molar-refractivity contribution in [3.8, 4) is 0 Å². The molecular formula is C26H35N5O. The Morgan fingerprint density at radius 2 is 1.78 bits per heavy atom. The third-order valence-corrected chi connectivity index (χ3v) is 6.40. The molecule has 1 aromatic carbocycles. The first-order chi connectivity index (χ1) is 15.5. The highest BCUT2D eigenvalue weighted by atomic mass is 16.1. The molecule has 0 radical (unpaired) electrons. The fourth-order valence-electron chi connectivity index (χ4n) is 4.53. The second-order valence-corrected chi connectivity index (χ2v) is 9.02. The molecular weight excluding hydrogens is 398 g/mol. The van der Waals surface area contributed by atoms with Crippen molar-refractivity contribution in [2.45, 2.75) is 51.5 Å². The third-order valence-electron chi connectivity index (χ3n) is 6.40. The highest BCUT2D eigenvalue weighted by molar-refractivity contribution is 5.56. The summed E-state index contributed by atoms with van der Waals surface area (Å²) in [5.41, 5.74) is 4.22. The maximum absolute atomic E-state index is 12.8. The molecule has 6 nitrogen and oxygen atoms in total. The summed E-state index contributed by atoms with van der Waals surface area (Å²) in [6, 6.07) is 12.2. The molecule has 170 valence electrons. The van der Waals surface area contributed by atoms with Gasteiger partial charge in [0, 0.05) is 41.8 Å². The normalized spacial score (nSPS) is 16.4. The van der Waals surface area contributed by atoms with Crippen LogP contribution >= 0.6 is 0 Å². The number of hydrogen-bond donors (Lipinski definition) is 2. The standard InChI is InChI=1S/C26H35N5O/c1-4-19-9-10-20-11-16-24(32)31(23-7-5-6-8-23)26(20)29-25(19)28-22-14-12-21(13-15-22)27-17-18-30(2)3/h10-16,23,27-28H,4-9,17-18H2,1-3H3. The number of nitrogens with zero attached hydrogens (tertiary/aromatic N) is 3. The molecule has 0 saturated heterocycles. The molecule has 1 aliphatic heterocycles. The van der Waals surface area contributed by atoms with Gasteiger partial charge in [0.2, 0.25) is 0 Å². The fraction of sp³-hybridized carbons (Fsp3) is 0.462. The smallest absolute Gasteiger partial charge is 0.252 e. The predicted octanol–water partition coefficient (Wildman–Crippen LogP) is 3.47. The number of likely N-dealkylation sites (N-methyl/N-ethyl adjacent to an activating group) is 1. The molecule has 1 saturated carbocycles. The van der Waals surface area contributed by atoms with Gasteiger partial charge in [-0.15, -0.1) is 0 Å². The van der Waals surface area contributed by atoms with Crippen molar-refractivity contribution in [3.05, 3.63) is 68.9 Å². The summed E-state index contributed by atoms with van der Waals surface area (Å²) in [4.78, 5) is 20.0. The van der Waals surface area contributed by atoms with Gasteiger partial charge in [-0.25, -0.2) is 4.99 Å². The van der Waals surface area contributed by atoms with E-state index in [0.29, 0.717) is 0 Å². The summed E-state index contributed by atoms with van der Waals surface area (Å²) in [6.45, 7) is 4.06. The molecule has 1 fully saturated rings. The molecule has 0 atom stereocenters. The van der Waals surface area contributed by atoms with Crippen LogP contribution in [0, 0.1) is 0 Å². The van der Waals surface area contributed by atoms with E-state index in [-0.39, 0.29) is 11.6 Å². The van der Waals surface area contributed by atoms with Gasteiger partial charge in [-0.1, -0.05) is 25.8 Å².